The minimum atomic E-state index is -0.0400. The predicted octanol–water partition coefficient (Wildman–Crippen LogP) is 0.641. The van der Waals surface area contributed by atoms with Crippen LogP contribution in [0.4, 0.5) is 5.82 Å². The van der Waals surface area contributed by atoms with E-state index in [0.717, 1.165) is 5.69 Å². The number of aryl methyl sites for hydroxylation is 2. The summed E-state index contributed by atoms with van der Waals surface area (Å²) in [6.07, 6.45) is 0.443. The van der Waals surface area contributed by atoms with Gasteiger partial charge in [0.1, 0.15) is 11.6 Å². The highest BCUT2D eigenvalue weighted by molar-refractivity contribution is 5.89. The molecule has 0 aliphatic carbocycles. The molecule has 0 spiro atoms. The van der Waals surface area contributed by atoms with Crippen LogP contribution in [0.5, 0.6) is 0 Å². The first-order chi connectivity index (χ1) is 7.11. The van der Waals surface area contributed by atoms with E-state index >= 15 is 0 Å². The maximum atomic E-state index is 11.4. The molecule has 0 aliphatic heterocycles. The van der Waals surface area contributed by atoms with Gasteiger partial charge in [-0.3, -0.25) is 4.79 Å². The maximum Gasteiger partial charge on any atom is 0.226 e. The number of amides is 1. The van der Waals surface area contributed by atoms with Crippen LogP contribution in [0.3, 0.4) is 0 Å². The third-order valence-electron chi connectivity index (χ3n) is 1.84. The van der Waals surface area contributed by atoms with Gasteiger partial charge in [0.05, 0.1) is 0 Å². The molecule has 0 aliphatic rings. The summed E-state index contributed by atoms with van der Waals surface area (Å²) in [5.74, 6) is 1.20. The van der Waals surface area contributed by atoms with Crippen LogP contribution in [-0.2, 0) is 4.79 Å². The van der Waals surface area contributed by atoms with E-state index in [1.165, 1.54) is 0 Å². The predicted molar refractivity (Wildman–Crippen MR) is 58.7 cm³/mol. The van der Waals surface area contributed by atoms with E-state index in [1.807, 2.05) is 14.0 Å². The third-order valence-corrected chi connectivity index (χ3v) is 1.84. The second-order valence-corrected chi connectivity index (χ2v) is 3.34. The number of aromatic nitrogens is 2. The summed E-state index contributed by atoms with van der Waals surface area (Å²) in [5, 5.41) is 5.64. The van der Waals surface area contributed by atoms with Crippen LogP contribution >= 0.6 is 0 Å². The topological polar surface area (TPSA) is 66.9 Å². The Bertz CT molecular complexity index is 331. The minimum absolute atomic E-state index is 0.0400. The lowest BCUT2D eigenvalue weighted by Crippen LogP contribution is -2.19. The van der Waals surface area contributed by atoms with Crippen molar-refractivity contribution in [2.24, 2.45) is 0 Å². The Morgan fingerprint density at radius 3 is 2.73 bits per heavy atom. The molecule has 0 unspecified atom stereocenters. The quantitative estimate of drug-likeness (QED) is 0.762. The van der Waals surface area contributed by atoms with Gasteiger partial charge in [-0.2, -0.15) is 0 Å². The maximum absolute atomic E-state index is 11.4. The second-order valence-electron chi connectivity index (χ2n) is 3.34. The van der Waals surface area contributed by atoms with E-state index in [2.05, 4.69) is 20.6 Å². The van der Waals surface area contributed by atoms with Crippen molar-refractivity contribution in [2.45, 2.75) is 20.3 Å². The van der Waals surface area contributed by atoms with Gasteiger partial charge in [0.15, 0.2) is 0 Å². The number of rotatable bonds is 4. The molecule has 82 valence electrons. The van der Waals surface area contributed by atoms with Crippen molar-refractivity contribution in [3.05, 3.63) is 17.6 Å². The van der Waals surface area contributed by atoms with Crippen LogP contribution in [0.25, 0.3) is 0 Å². The van der Waals surface area contributed by atoms with E-state index < -0.39 is 0 Å². The molecule has 5 nitrogen and oxygen atoms in total. The molecular weight excluding hydrogens is 192 g/mol. The summed E-state index contributed by atoms with van der Waals surface area (Å²) in [4.78, 5) is 19.6. The van der Waals surface area contributed by atoms with Gasteiger partial charge in [-0.25, -0.2) is 9.97 Å². The summed E-state index contributed by atoms with van der Waals surface area (Å²) in [6.45, 7) is 4.34. The first-order valence-electron chi connectivity index (χ1n) is 4.88. The fourth-order valence-corrected chi connectivity index (χ4v) is 1.22. The van der Waals surface area contributed by atoms with Gasteiger partial charge in [0.2, 0.25) is 5.91 Å². The number of nitrogens with one attached hydrogen (secondary N) is 2. The van der Waals surface area contributed by atoms with E-state index in [4.69, 9.17) is 0 Å². The third kappa shape index (κ3) is 4.03. The lowest BCUT2D eigenvalue weighted by atomic mass is 10.3. The highest BCUT2D eigenvalue weighted by Gasteiger charge is 2.03. The number of carbonyl (C=O) groups is 1. The Morgan fingerprint density at radius 2 is 2.13 bits per heavy atom. The number of hydrogen-bond acceptors (Lipinski definition) is 4. The second kappa shape index (κ2) is 5.41. The van der Waals surface area contributed by atoms with Crippen molar-refractivity contribution >= 4 is 11.7 Å². The Morgan fingerprint density at radius 1 is 1.40 bits per heavy atom. The monoisotopic (exact) mass is 208 g/mol. The van der Waals surface area contributed by atoms with E-state index in [-0.39, 0.29) is 5.91 Å². The first-order valence-corrected chi connectivity index (χ1v) is 4.88. The van der Waals surface area contributed by atoms with Gasteiger partial charge >= 0.3 is 0 Å². The summed E-state index contributed by atoms with van der Waals surface area (Å²) < 4.78 is 0. The van der Waals surface area contributed by atoms with Crippen molar-refractivity contribution in [1.29, 1.82) is 0 Å². The largest absolute Gasteiger partial charge is 0.319 e. The molecule has 1 heterocycles. The molecule has 15 heavy (non-hydrogen) atoms. The number of carbonyl (C=O) groups excluding carboxylic acids is 1. The van der Waals surface area contributed by atoms with Crippen LogP contribution in [0.2, 0.25) is 0 Å². The van der Waals surface area contributed by atoms with Gasteiger partial charge in [0, 0.05) is 24.7 Å². The molecule has 5 heteroatoms. The minimum Gasteiger partial charge on any atom is -0.319 e. The van der Waals surface area contributed by atoms with Gasteiger partial charge in [-0.05, 0) is 20.9 Å². The highest BCUT2D eigenvalue weighted by Crippen LogP contribution is 2.05. The van der Waals surface area contributed by atoms with Crippen molar-refractivity contribution < 1.29 is 4.79 Å². The fraction of sp³-hybridized carbons (Fsp3) is 0.500. The lowest BCUT2D eigenvalue weighted by Gasteiger charge is -2.05. The van der Waals surface area contributed by atoms with Crippen molar-refractivity contribution in [3.63, 3.8) is 0 Å². The van der Waals surface area contributed by atoms with Crippen molar-refractivity contribution in [3.8, 4) is 0 Å². The van der Waals surface area contributed by atoms with E-state index in [9.17, 15) is 4.79 Å². The molecule has 1 amide bonds. The molecule has 1 rings (SSSR count). The van der Waals surface area contributed by atoms with Crippen molar-refractivity contribution in [2.75, 3.05) is 18.9 Å². The zero-order chi connectivity index (χ0) is 11.3. The molecule has 0 bridgehead atoms. The smallest absolute Gasteiger partial charge is 0.226 e. The Balaban J connectivity index is 2.60. The zero-order valence-electron chi connectivity index (χ0n) is 9.29. The van der Waals surface area contributed by atoms with Crippen LogP contribution < -0.4 is 10.6 Å². The summed E-state index contributed by atoms with van der Waals surface area (Å²) in [5.41, 5.74) is 0.853. The standard InChI is InChI=1S/C10H16N4O/c1-7-6-9(13-8(2)12-7)14-10(15)4-5-11-3/h6,11H,4-5H2,1-3H3,(H,12,13,14,15). The zero-order valence-corrected chi connectivity index (χ0v) is 9.29. The number of nitrogens with zero attached hydrogens (tertiary/aromatic N) is 2. The van der Waals surface area contributed by atoms with Crippen molar-refractivity contribution in [1.82, 2.24) is 15.3 Å². The molecule has 0 aromatic carbocycles. The molecular formula is C10H16N4O. The normalized spacial score (nSPS) is 10.1. The van der Waals surface area contributed by atoms with Gasteiger partial charge in [0.25, 0.3) is 0 Å². The molecule has 0 saturated carbocycles. The van der Waals surface area contributed by atoms with Crippen LogP contribution in [0.1, 0.15) is 17.9 Å². The number of hydrogen-bond donors (Lipinski definition) is 2. The molecule has 0 radical (unpaired) electrons. The van der Waals surface area contributed by atoms with Crippen LogP contribution in [0.15, 0.2) is 6.07 Å². The molecule has 0 atom stereocenters. The van der Waals surface area contributed by atoms with E-state index in [0.29, 0.717) is 24.6 Å². The summed E-state index contributed by atoms with van der Waals surface area (Å²) in [7, 11) is 1.81. The molecule has 1 aromatic heterocycles. The first kappa shape index (κ1) is 11.6. The Hall–Kier alpha value is -1.49. The molecule has 0 fully saturated rings. The van der Waals surface area contributed by atoms with Crippen LogP contribution in [0, 0.1) is 13.8 Å². The lowest BCUT2D eigenvalue weighted by molar-refractivity contribution is -0.116. The van der Waals surface area contributed by atoms with E-state index in [1.54, 1.807) is 13.0 Å². The molecule has 0 saturated heterocycles. The Kier molecular flexibility index (Phi) is 4.17. The van der Waals surface area contributed by atoms with Crippen LogP contribution in [-0.4, -0.2) is 29.5 Å². The summed E-state index contributed by atoms with van der Waals surface area (Å²) in [6, 6.07) is 1.75. The van der Waals surface area contributed by atoms with Gasteiger partial charge in [-0.1, -0.05) is 0 Å². The SMILES string of the molecule is CNCCC(=O)Nc1cc(C)nc(C)n1. The average Bonchev–Trinajstić information content (AvgIpc) is 2.13. The Labute approximate surface area is 89.3 Å². The van der Waals surface area contributed by atoms with Gasteiger partial charge in [-0.15, -0.1) is 0 Å². The molecule has 1 aromatic rings. The number of anilines is 1. The average molecular weight is 208 g/mol. The molecule has 2 N–H and O–H groups in total. The van der Waals surface area contributed by atoms with Gasteiger partial charge < -0.3 is 10.6 Å². The summed E-state index contributed by atoms with van der Waals surface area (Å²) >= 11 is 0. The highest BCUT2D eigenvalue weighted by atomic mass is 16.1. The fourth-order valence-electron chi connectivity index (χ4n) is 1.22.